The van der Waals surface area contributed by atoms with E-state index in [2.05, 4.69) is 33.6 Å². The fraction of sp³-hybridized carbons (Fsp3) is 0.400. The quantitative estimate of drug-likeness (QED) is 0.594. The van der Waals surface area contributed by atoms with E-state index in [4.69, 9.17) is 4.74 Å². The van der Waals surface area contributed by atoms with E-state index in [1.807, 2.05) is 30.5 Å². The first-order valence-corrected chi connectivity index (χ1v) is 11.2. The van der Waals surface area contributed by atoms with E-state index < -0.39 is 0 Å². The molecule has 2 aliphatic carbocycles. The second kappa shape index (κ2) is 10.4. The van der Waals surface area contributed by atoms with E-state index >= 15 is 0 Å². The lowest BCUT2D eigenvalue weighted by molar-refractivity contribution is -0.112. The summed E-state index contributed by atoms with van der Waals surface area (Å²) in [6.45, 7) is 4.68. The molecule has 0 radical (unpaired) electrons. The minimum Gasteiger partial charge on any atom is -0.478 e. The van der Waals surface area contributed by atoms with Gasteiger partial charge in [-0.15, -0.1) is 0 Å². The molecule has 2 N–H and O–H groups in total. The van der Waals surface area contributed by atoms with Crippen molar-refractivity contribution in [2.24, 2.45) is 0 Å². The number of allylic oxidation sites excluding steroid dienone is 2. The van der Waals surface area contributed by atoms with Crippen molar-refractivity contribution in [3.05, 3.63) is 65.0 Å². The molecule has 0 spiro atoms. The van der Waals surface area contributed by atoms with Crippen LogP contribution in [0, 0.1) is 0 Å². The summed E-state index contributed by atoms with van der Waals surface area (Å²) in [5, 5.41) is 6.31. The first-order chi connectivity index (χ1) is 15.3. The molecule has 162 valence electrons. The van der Waals surface area contributed by atoms with E-state index in [9.17, 15) is 4.79 Å². The standard InChI is InChI=1S/C25H30N4O2/c1-2-14-26-15-6-17-31-22-11-4-10-21(28-22)29-25(30)20-13-12-18-7-3-8-19-9-5-16-27-24(19)23(18)20/h4-5,9-11,13,16,26H,2-3,6-8,12,14-15,17H2,1H3,(H,28,29,30). The number of anilines is 1. The van der Waals surface area contributed by atoms with Crippen molar-refractivity contribution in [1.29, 1.82) is 0 Å². The number of ether oxygens (including phenoxy) is 1. The van der Waals surface area contributed by atoms with E-state index in [1.165, 1.54) is 11.1 Å². The third-order valence-electron chi connectivity index (χ3n) is 5.61. The summed E-state index contributed by atoms with van der Waals surface area (Å²) in [6, 6.07) is 9.54. The molecule has 1 amide bonds. The molecule has 0 bridgehead atoms. The Morgan fingerprint density at radius 1 is 1.16 bits per heavy atom. The van der Waals surface area contributed by atoms with Crippen LogP contribution in [-0.4, -0.2) is 35.6 Å². The molecule has 0 saturated carbocycles. The zero-order chi connectivity index (χ0) is 21.5. The topological polar surface area (TPSA) is 76.1 Å². The molecule has 0 unspecified atom stereocenters. The van der Waals surface area contributed by atoms with E-state index in [0.717, 1.165) is 62.9 Å². The van der Waals surface area contributed by atoms with Crippen molar-refractivity contribution in [3.8, 4) is 5.88 Å². The summed E-state index contributed by atoms with van der Waals surface area (Å²) in [7, 11) is 0. The lowest BCUT2D eigenvalue weighted by atomic mass is 9.98. The lowest BCUT2D eigenvalue weighted by Crippen LogP contribution is -2.18. The SMILES string of the molecule is CCCNCCCOc1cccc(NC(=O)C2=CCC3=C2c2ncccc2CCC3)n1. The molecule has 0 fully saturated rings. The normalized spacial score (nSPS) is 15.1. The highest BCUT2D eigenvalue weighted by Gasteiger charge is 2.28. The van der Waals surface area contributed by atoms with Gasteiger partial charge in [0.2, 0.25) is 5.88 Å². The molecule has 0 aromatic carbocycles. The molecule has 2 aromatic heterocycles. The Morgan fingerprint density at radius 2 is 2.10 bits per heavy atom. The van der Waals surface area contributed by atoms with Crippen LogP contribution in [0.25, 0.3) is 5.57 Å². The number of carbonyl (C=O) groups excluding carboxylic acids is 1. The van der Waals surface area contributed by atoms with Gasteiger partial charge in [0.1, 0.15) is 5.82 Å². The zero-order valence-electron chi connectivity index (χ0n) is 18.1. The summed E-state index contributed by atoms with van der Waals surface area (Å²) >= 11 is 0. The first-order valence-electron chi connectivity index (χ1n) is 11.2. The van der Waals surface area contributed by atoms with Crippen LogP contribution in [0.3, 0.4) is 0 Å². The number of rotatable bonds is 9. The monoisotopic (exact) mass is 418 g/mol. The predicted molar refractivity (Wildman–Crippen MR) is 123 cm³/mol. The number of nitrogens with zero attached hydrogens (tertiary/aromatic N) is 2. The average molecular weight is 419 g/mol. The van der Waals surface area contributed by atoms with Gasteiger partial charge < -0.3 is 15.4 Å². The molecule has 2 aliphatic rings. The van der Waals surface area contributed by atoms with Crippen LogP contribution < -0.4 is 15.4 Å². The van der Waals surface area contributed by atoms with Crippen molar-refractivity contribution in [3.63, 3.8) is 0 Å². The second-order valence-corrected chi connectivity index (χ2v) is 7.93. The van der Waals surface area contributed by atoms with Gasteiger partial charge in [-0.2, -0.15) is 4.98 Å². The number of aryl methyl sites for hydroxylation is 1. The van der Waals surface area contributed by atoms with Crippen molar-refractivity contribution >= 4 is 17.3 Å². The van der Waals surface area contributed by atoms with E-state index in [1.54, 1.807) is 6.07 Å². The molecule has 0 saturated heterocycles. The summed E-state index contributed by atoms with van der Waals surface area (Å²) in [6.07, 6.45) is 9.78. The molecule has 6 nitrogen and oxygen atoms in total. The number of carbonyl (C=O) groups is 1. The maximum atomic E-state index is 13.1. The minimum atomic E-state index is -0.142. The summed E-state index contributed by atoms with van der Waals surface area (Å²) in [5.41, 5.74) is 5.19. The Morgan fingerprint density at radius 3 is 3.00 bits per heavy atom. The molecule has 6 heteroatoms. The Labute approximate surface area is 183 Å². The third-order valence-corrected chi connectivity index (χ3v) is 5.61. The number of pyridine rings is 2. The van der Waals surface area contributed by atoms with Crippen LogP contribution >= 0.6 is 0 Å². The predicted octanol–water partition coefficient (Wildman–Crippen LogP) is 4.30. The number of nitrogens with one attached hydrogen (secondary N) is 2. The van der Waals surface area contributed by atoms with E-state index in [0.29, 0.717) is 23.9 Å². The highest BCUT2D eigenvalue weighted by molar-refractivity contribution is 6.16. The number of aromatic nitrogens is 2. The van der Waals surface area contributed by atoms with Gasteiger partial charge in [0.05, 0.1) is 12.3 Å². The van der Waals surface area contributed by atoms with Gasteiger partial charge in [0, 0.05) is 23.4 Å². The summed E-state index contributed by atoms with van der Waals surface area (Å²) < 4.78 is 5.75. The minimum absolute atomic E-state index is 0.142. The summed E-state index contributed by atoms with van der Waals surface area (Å²) in [5.74, 6) is 0.878. The van der Waals surface area contributed by atoms with Gasteiger partial charge in [-0.1, -0.05) is 30.7 Å². The average Bonchev–Trinajstić information content (AvgIpc) is 3.12. The van der Waals surface area contributed by atoms with Crippen LogP contribution in [-0.2, 0) is 11.2 Å². The van der Waals surface area contributed by atoms with Gasteiger partial charge in [-0.05, 0) is 69.3 Å². The van der Waals surface area contributed by atoms with Crippen LogP contribution in [0.1, 0.15) is 50.3 Å². The van der Waals surface area contributed by atoms with Gasteiger partial charge in [-0.25, -0.2) is 0 Å². The van der Waals surface area contributed by atoms with Crippen molar-refractivity contribution in [2.45, 2.75) is 45.4 Å². The highest BCUT2D eigenvalue weighted by atomic mass is 16.5. The lowest BCUT2D eigenvalue weighted by Gasteiger charge is -2.13. The molecule has 0 atom stereocenters. The van der Waals surface area contributed by atoms with Crippen molar-refractivity contribution < 1.29 is 9.53 Å². The number of hydrogen-bond donors (Lipinski definition) is 2. The van der Waals surface area contributed by atoms with Gasteiger partial charge in [0.25, 0.3) is 5.91 Å². The molecule has 4 rings (SSSR count). The Bertz CT molecular complexity index is 997. The highest BCUT2D eigenvalue weighted by Crippen LogP contribution is 2.40. The number of hydrogen-bond acceptors (Lipinski definition) is 5. The molecule has 31 heavy (non-hydrogen) atoms. The molecule has 0 aliphatic heterocycles. The molecule has 2 heterocycles. The number of amides is 1. The second-order valence-electron chi connectivity index (χ2n) is 7.93. The molecular formula is C25H30N4O2. The maximum absolute atomic E-state index is 13.1. The van der Waals surface area contributed by atoms with Crippen LogP contribution in [0.2, 0.25) is 0 Å². The first kappa shape index (κ1) is 21.2. The molecular weight excluding hydrogens is 388 g/mol. The molecule has 2 aromatic rings. The van der Waals surface area contributed by atoms with Gasteiger partial charge in [-0.3, -0.25) is 9.78 Å². The van der Waals surface area contributed by atoms with Crippen LogP contribution in [0.15, 0.2) is 53.8 Å². The Hall–Kier alpha value is -2.99. The maximum Gasteiger partial charge on any atom is 0.257 e. The van der Waals surface area contributed by atoms with Crippen LogP contribution in [0.5, 0.6) is 5.88 Å². The van der Waals surface area contributed by atoms with Gasteiger partial charge in [0.15, 0.2) is 0 Å². The number of fused-ring (bicyclic) bond motifs is 2. The van der Waals surface area contributed by atoms with Crippen LogP contribution in [0.4, 0.5) is 5.82 Å². The van der Waals surface area contributed by atoms with Crippen molar-refractivity contribution in [1.82, 2.24) is 15.3 Å². The van der Waals surface area contributed by atoms with Gasteiger partial charge >= 0.3 is 0 Å². The largest absolute Gasteiger partial charge is 0.478 e. The summed E-state index contributed by atoms with van der Waals surface area (Å²) in [4.78, 5) is 22.2. The van der Waals surface area contributed by atoms with Crippen molar-refractivity contribution in [2.75, 3.05) is 25.0 Å². The third kappa shape index (κ3) is 5.20. The zero-order valence-corrected chi connectivity index (χ0v) is 18.1. The Balaban J connectivity index is 1.41. The smallest absolute Gasteiger partial charge is 0.257 e. The Kier molecular flexibility index (Phi) is 7.10. The van der Waals surface area contributed by atoms with E-state index in [-0.39, 0.29) is 5.91 Å². The fourth-order valence-electron chi connectivity index (χ4n) is 4.13. The fourth-order valence-corrected chi connectivity index (χ4v) is 4.13.